The summed E-state index contributed by atoms with van der Waals surface area (Å²) in [6.07, 6.45) is 6.93. The van der Waals surface area contributed by atoms with E-state index in [1.165, 1.54) is 25.0 Å². The lowest BCUT2D eigenvalue weighted by Crippen LogP contribution is -2.52. The van der Waals surface area contributed by atoms with E-state index in [0.717, 1.165) is 31.2 Å². The number of nitrogens with one attached hydrogen (secondary N) is 1. The third-order valence-electron chi connectivity index (χ3n) is 6.61. The second kappa shape index (κ2) is 9.45. The summed E-state index contributed by atoms with van der Waals surface area (Å²) in [7, 11) is -3.25. The predicted molar refractivity (Wildman–Crippen MR) is 127 cm³/mol. The smallest absolute Gasteiger partial charge is 0.254 e. The monoisotopic (exact) mass is 456 g/mol. The molecule has 2 amide bonds. The lowest BCUT2D eigenvalue weighted by Gasteiger charge is -2.46. The van der Waals surface area contributed by atoms with Crippen molar-refractivity contribution in [2.24, 2.45) is 0 Å². The molecule has 0 atom stereocenters. The molecule has 0 aromatic heterocycles. The van der Waals surface area contributed by atoms with Gasteiger partial charge in [-0.3, -0.25) is 9.59 Å². The third kappa shape index (κ3) is 4.88. The Morgan fingerprint density at radius 3 is 1.97 bits per heavy atom. The summed E-state index contributed by atoms with van der Waals surface area (Å²) < 4.78 is 23.8. The van der Waals surface area contributed by atoms with Crippen molar-refractivity contribution in [2.75, 3.05) is 11.1 Å². The summed E-state index contributed by atoms with van der Waals surface area (Å²) in [5.41, 5.74) is 2.03. The molecule has 0 unspecified atom stereocenters. The molecule has 6 nitrogen and oxygen atoms in total. The van der Waals surface area contributed by atoms with E-state index < -0.39 is 9.84 Å². The zero-order valence-corrected chi connectivity index (χ0v) is 19.2. The summed E-state index contributed by atoms with van der Waals surface area (Å²) >= 11 is 0. The van der Waals surface area contributed by atoms with Crippen LogP contribution in [-0.4, -0.2) is 43.0 Å². The average molecular weight is 457 g/mol. The Labute approximate surface area is 191 Å². The van der Waals surface area contributed by atoms with Crippen LogP contribution in [0.4, 0.5) is 5.69 Å². The fourth-order valence-electron chi connectivity index (χ4n) is 4.18. The Balaban J connectivity index is 0.00000306. The molecule has 2 aromatic carbocycles. The van der Waals surface area contributed by atoms with Gasteiger partial charge >= 0.3 is 0 Å². The highest BCUT2D eigenvalue weighted by atomic mass is 32.2. The van der Waals surface area contributed by atoms with Crippen molar-refractivity contribution in [3.63, 3.8) is 0 Å². The van der Waals surface area contributed by atoms with Crippen LogP contribution in [0.3, 0.4) is 0 Å². The van der Waals surface area contributed by atoms with Gasteiger partial charge in [-0.25, -0.2) is 8.42 Å². The summed E-state index contributed by atoms with van der Waals surface area (Å²) in [6.45, 7) is 1.60. The third-order valence-corrected chi connectivity index (χ3v) is 8.36. The predicted octanol–water partition coefficient (Wildman–Crippen LogP) is 4.45. The molecule has 2 aliphatic carbocycles. The molecule has 172 valence electrons. The number of hydrogen-bond donors (Lipinski definition) is 1. The van der Waals surface area contributed by atoms with Crippen LogP contribution in [0.1, 0.15) is 62.8 Å². The van der Waals surface area contributed by atoms with Crippen molar-refractivity contribution in [1.29, 1.82) is 0 Å². The van der Waals surface area contributed by atoms with Gasteiger partial charge in [-0.1, -0.05) is 19.1 Å². The number of nitrogens with zero attached hydrogens (tertiary/aromatic N) is 1. The highest BCUT2D eigenvalue weighted by Gasteiger charge is 2.37. The number of amides is 2. The lowest BCUT2D eigenvalue weighted by molar-refractivity contribution is -0.115. The van der Waals surface area contributed by atoms with E-state index in [9.17, 15) is 18.0 Å². The molecule has 4 rings (SSSR count). The van der Waals surface area contributed by atoms with Crippen LogP contribution in [0.15, 0.2) is 53.4 Å². The molecule has 1 N–H and O–H groups in total. The maximum Gasteiger partial charge on any atom is 0.254 e. The Morgan fingerprint density at radius 2 is 1.50 bits per heavy atom. The normalized spacial score (nSPS) is 16.7. The molecule has 0 bridgehead atoms. The largest absolute Gasteiger partial charge is 0.333 e. The Bertz CT molecular complexity index is 1060. The van der Waals surface area contributed by atoms with Gasteiger partial charge in [0, 0.05) is 24.8 Å². The minimum Gasteiger partial charge on any atom is -0.333 e. The molecular formula is C25H32N2O4S. The molecule has 2 fully saturated rings. The van der Waals surface area contributed by atoms with Gasteiger partial charge in [-0.15, -0.1) is 0 Å². The van der Waals surface area contributed by atoms with E-state index in [1.807, 2.05) is 0 Å². The number of sulfone groups is 1. The van der Waals surface area contributed by atoms with Gasteiger partial charge in [-0.05, 0) is 80.5 Å². The van der Waals surface area contributed by atoms with E-state index >= 15 is 0 Å². The summed E-state index contributed by atoms with van der Waals surface area (Å²) in [6, 6.07) is 14.3. The van der Waals surface area contributed by atoms with Crippen LogP contribution in [0, 0.1) is 0 Å². The summed E-state index contributed by atoms with van der Waals surface area (Å²) in [5.74, 6) is -0.0511. The highest BCUT2D eigenvalue weighted by molar-refractivity contribution is 7.91. The Kier molecular flexibility index (Phi) is 6.65. The average Bonchev–Trinajstić information content (AvgIpc) is 2.71. The first-order chi connectivity index (χ1) is 15.4. The number of carbonyl (C=O) groups is 2. The fourth-order valence-corrected chi connectivity index (χ4v) is 5.06. The van der Waals surface area contributed by atoms with Crippen LogP contribution >= 0.6 is 0 Å². The van der Waals surface area contributed by atoms with Crippen molar-refractivity contribution in [3.05, 3.63) is 59.7 Å². The van der Waals surface area contributed by atoms with Crippen LogP contribution < -0.4 is 5.32 Å². The molecule has 0 spiro atoms. The zero-order chi connectivity index (χ0) is 22.7. The first-order valence-corrected chi connectivity index (χ1v) is 13.1. The molecule has 2 aromatic rings. The van der Waals surface area contributed by atoms with Crippen molar-refractivity contribution in [2.45, 2.75) is 68.8 Å². The van der Waals surface area contributed by atoms with Gasteiger partial charge in [-0.2, -0.15) is 0 Å². The lowest BCUT2D eigenvalue weighted by atomic mass is 9.84. The minimum absolute atomic E-state index is 0. The van der Waals surface area contributed by atoms with Crippen LogP contribution in [-0.2, 0) is 21.1 Å². The molecule has 0 heterocycles. The Hall–Kier alpha value is -2.67. The minimum atomic E-state index is -3.25. The maximum absolute atomic E-state index is 13.1. The SMILES string of the molecule is CCS(=O)(=O)c1ccc(CC(=O)Nc2ccc(C(=O)N(C3CCC3)C3CCC3)cc2)cc1.[HH]. The summed E-state index contributed by atoms with van der Waals surface area (Å²) in [4.78, 5) is 27.9. The second-order valence-corrected chi connectivity index (χ2v) is 11.0. The van der Waals surface area contributed by atoms with Gasteiger partial charge in [0.2, 0.25) is 5.91 Å². The van der Waals surface area contributed by atoms with Crippen molar-refractivity contribution < 1.29 is 19.4 Å². The number of anilines is 1. The van der Waals surface area contributed by atoms with E-state index in [4.69, 9.17) is 0 Å². The first-order valence-electron chi connectivity index (χ1n) is 11.4. The first kappa shape index (κ1) is 22.5. The van der Waals surface area contributed by atoms with Crippen molar-refractivity contribution >= 4 is 27.3 Å². The number of benzene rings is 2. The van der Waals surface area contributed by atoms with E-state index in [0.29, 0.717) is 23.3 Å². The maximum atomic E-state index is 13.1. The van der Waals surface area contributed by atoms with Crippen LogP contribution in [0.2, 0.25) is 0 Å². The molecule has 0 saturated heterocycles. The van der Waals surface area contributed by atoms with Crippen molar-refractivity contribution in [1.82, 2.24) is 4.90 Å². The van der Waals surface area contributed by atoms with Gasteiger partial charge < -0.3 is 10.2 Å². The number of rotatable bonds is 8. The van der Waals surface area contributed by atoms with Crippen LogP contribution in [0.5, 0.6) is 0 Å². The molecule has 2 saturated carbocycles. The molecule has 32 heavy (non-hydrogen) atoms. The van der Waals surface area contributed by atoms with Gasteiger partial charge in [0.15, 0.2) is 9.84 Å². The van der Waals surface area contributed by atoms with E-state index in [-0.39, 0.29) is 30.3 Å². The second-order valence-electron chi connectivity index (χ2n) is 8.73. The fraction of sp³-hybridized carbons (Fsp3) is 0.440. The molecule has 2 aliphatic rings. The molecule has 0 radical (unpaired) electrons. The number of carbonyl (C=O) groups excluding carboxylic acids is 2. The molecule has 7 heteroatoms. The summed E-state index contributed by atoms with van der Waals surface area (Å²) in [5, 5.41) is 2.85. The van der Waals surface area contributed by atoms with Gasteiger partial charge in [0.25, 0.3) is 5.91 Å². The van der Waals surface area contributed by atoms with E-state index in [1.54, 1.807) is 43.3 Å². The molecule has 0 aliphatic heterocycles. The van der Waals surface area contributed by atoms with Gasteiger partial charge in [0.05, 0.1) is 17.1 Å². The van der Waals surface area contributed by atoms with Crippen molar-refractivity contribution in [3.8, 4) is 0 Å². The van der Waals surface area contributed by atoms with Gasteiger partial charge in [0.1, 0.15) is 0 Å². The zero-order valence-electron chi connectivity index (χ0n) is 18.4. The Morgan fingerprint density at radius 1 is 0.938 bits per heavy atom. The molecular weight excluding hydrogens is 424 g/mol. The topological polar surface area (TPSA) is 83.5 Å². The van der Waals surface area contributed by atoms with Crippen LogP contribution in [0.25, 0.3) is 0 Å². The standard InChI is InChI=1S/C25H30N2O4S.H2/c1-2-32(30,31)23-15-9-18(10-16-23)17-24(28)26-20-13-11-19(12-14-20)25(29)27(21-5-3-6-21)22-7-4-8-22;/h9-16,21-22H,2-8,17H2,1H3,(H,26,28);1H. The van der Waals surface area contributed by atoms with E-state index in [2.05, 4.69) is 10.2 Å². The number of hydrogen-bond acceptors (Lipinski definition) is 4. The highest BCUT2D eigenvalue weighted by Crippen LogP contribution is 2.35. The quantitative estimate of drug-likeness (QED) is 0.636.